The number of anilines is 2. The minimum Gasteiger partial charge on any atom is -0.462 e. The molecule has 0 saturated heterocycles. The molecule has 0 aliphatic carbocycles. The topological polar surface area (TPSA) is 97.7 Å². The van der Waals surface area contributed by atoms with E-state index in [4.69, 9.17) is 17.0 Å². The van der Waals surface area contributed by atoms with Gasteiger partial charge in [-0.2, -0.15) is 0 Å². The summed E-state index contributed by atoms with van der Waals surface area (Å²) in [4.78, 5) is 26.8. The second-order valence-electron chi connectivity index (χ2n) is 7.74. The maximum atomic E-state index is 13.9. The SMILES string of the molecule is CCOC(=O)c1sc(=S)n(-c2ccc(Br)cc2)c1NS(=O)(=O)c1cc(Br)cc2c1N(C(=O)CC)CC2. The zero-order valence-corrected chi connectivity index (χ0v) is 24.8. The van der Waals surface area contributed by atoms with E-state index in [1.54, 1.807) is 38.1 Å². The normalized spacial score (nSPS) is 12.9. The van der Waals surface area contributed by atoms with E-state index in [2.05, 4.69) is 36.6 Å². The molecule has 36 heavy (non-hydrogen) atoms. The Balaban J connectivity index is 1.90. The molecule has 1 aliphatic heterocycles. The summed E-state index contributed by atoms with van der Waals surface area (Å²) in [6.07, 6.45) is 0.771. The van der Waals surface area contributed by atoms with Crippen LogP contribution in [0.3, 0.4) is 0 Å². The maximum Gasteiger partial charge on any atom is 0.352 e. The lowest BCUT2D eigenvalue weighted by Gasteiger charge is -2.21. The third-order valence-corrected chi connectivity index (χ3v) is 9.17. The van der Waals surface area contributed by atoms with Gasteiger partial charge in [0.05, 0.1) is 12.3 Å². The number of benzene rings is 2. The average Bonchev–Trinajstić information content (AvgIpc) is 3.39. The van der Waals surface area contributed by atoms with Crippen LogP contribution in [0.4, 0.5) is 11.5 Å². The van der Waals surface area contributed by atoms with Crippen LogP contribution in [0, 0.1) is 3.95 Å². The molecule has 1 N–H and O–H groups in total. The Bertz CT molecular complexity index is 1510. The number of fused-ring (bicyclic) bond motifs is 1. The Morgan fingerprint density at radius 1 is 1.14 bits per heavy atom. The Morgan fingerprint density at radius 2 is 1.83 bits per heavy atom. The molecular weight excluding hydrogens is 654 g/mol. The average molecular weight is 675 g/mol. The zero-order valence-electron chi connectivity index (χ0n) is 19.2. The molecule has 190 valence electrons. The van der Waals surface area contributed by atoms with Crippen molar-refractivity contribution in [2.24, 2.45) is 0 Å². The summed E-state index contributed by atoms with van der Waals surface area (Å²) < 4.78 is 38.7. The van der Waals surface area contributed by atoms with E-state index in [9.17, 15) is 18.0 Å². The molecule has 2 aromatic carbocycles. The molecule has 1 aliphatic rings. The van der Waals surface area contributed by atoms with Crippen LogP contribution in [0.25, 0.3) is 5.69 Å². The van der Waals surface area contributed by atoms with Crippen LogP contribution in [0.5, 0.6) is 0 Å². The second-order valence-corrected chi connectivity index (χ2v) is 12.9. The number of hydrogen-bond donors (Lipinski definition) is 1. The van der Waals surface area contributed by atoms with Crippen molar-refractivity contribution < 1.29 is 22.7 Å². The smallest absolute Gasteiger partial charge is 0.352 e. The van der Waals surface area contributed by atoms with E-state index in [0.717, 1.165) is 21.4 Å². The largest absolute Gasteiger partial charge is 0.462 e. The van der Waals surface area contributed by atoms with E-state index in [1.807, 2.05) is 6.07 Å². The number of rotatable bonds is 7. The van der Waals surface area contributed by atoms with Crippen molar-refractivity contribution in [1.29, 1.82) is 0 Å². The van der Waals surface area contributed by atoms with Crippen molar-refractivity contribution in [3.63, 3.8) is 0 Å². The predicted molar refractivity (Wildman–Crippen MR) is 149 cm³/mol. The van der Waals surface area contributed by atoms with Gasteiger partial charge in [0.1, 0.15) is 4.90 Å². The molecule has 0 saturated carbocycles. The van der Waals surface area contributed by atoms with Gasteiger partial charge in [-0.05, 0) is 67.5 Å². The fraction of sp³-hybridized carbons (Fsp3) is 0.261. The number of nitrogens with one attached hydrogen (secondary N) is 1. The van der Waals surface area contributed by atoms with Gasteiger partial charge in [0.15, 0.2) is 14.6 Å². The molecule has 0 spiro atoms. The summed E-state index contributed by atoms with van der Waals surface area (Å²) in [5.74, 6) is -0.886. The molecule has 1 aromatic heterocycles. The van der Waals surface area contributed by atoms with Crippen molar-refractivity contribution in [2.75, 3.05) is 22.8 Å². The predicted octanol–water partition coefficient (Wildman–Crippen LogP) is 6.07. The monoisotopic (exact) mass is 673 g/mol. The lowest BCUT2D eigenvalue weighted by Crippen LogP contribution is -2.30. The fourth-order valence-corrected chi connectivity index (χ4v) is 7.53. The van der Waals surface area contributed by atoms with Crippen molar-refractivity contribution in [3.05, 3.63) is 59.7 Å². The minimum absolute atomic E-state index is 0.0223. The van der Waals surface area contributed by atoms with Gasteiger partial charge in [-0.25, -0.2) is 13.2 Å². The first-order valence-corrected chi connectivity index (χ1v) is 15.2. The van der Waals surface area contributed by atoms with E-state index in [0.29, 0.717) is 28.8 Å². The van der Waals surface area contributed by atoms with Gasteiger partial charge in [-0.3, -0.25) is 14.1 Å². The van der Waals surface area contributed by atoms with Crippen molar-refractivity contribution >= 4 is 88.8 Å². The van der Waals surface area contributed by atoms with Crippen molar-refractivity contribution in [1.82, 2.24) is 4.57 Å². The zero-order chi connectivity index (χ0) is 26.2. The number of carbonyl (C=O) groups is 2. The molecule has 0 fully saturated rings. The molecule has 0 unspecified atom stereocenters. The number of hydrogen-bond acceptors (Lipinski definition) is 7. The highest BCUT2D eigenvalue weighted by atomic mass is 79.9. The Hall–Kier alpha value is -2.06. The number of nitrogens with zero attached hydrogens (tertiary/aromatic N) is 2. The number of amides is 1. The van der Waals surface area contributed by atoms with Gasteiger partial charge in [0.2, 0.25) is 5.91 Å². The Morgan fingerprint density at radius 3 is 2.47 bits per heavy atom. The van der Waals surface area contributed by atoms with Crippen LogP contribution in [0.1, 0.15) is 35.5 Å². The quantitative estimate of drug-likeness (QED) is 0.241. The second kappa shape index (κ2) is 10.7. The Labute approximate surface area is 234 Å². The van der Waals surface area contributed by atoms with Gasteiger partial charge >= 0.3 is 5.97 Å². The number of thiazole rings is 1. The Kier molecular flexibility index (Phi) is 8.05. The lowest BCUT2D eigenvalue weighted by atomic mass is 10.2. The van der Waals surface area contributed by atoms with E-state index >= 15 is 0 Å². The summed E-state index contributed by atoms with van der Waals surface area (Å²) in [6.45, 7) is 3.90. The van der Waals surface area contributed by atoms with Crippen molar-refractivity contribution in [3.8, 4) is 5.69 Å². The molecule has 8 nitrogen and oxygen atoms in total. The summed E-state index contributed by atoms with van der Waals surface area (Å²) in [5, 5.41) is 0. The number of esters is 1. The van der Waals surface area contributed by atoms with Crippen LogP contribution < -0.4 is 9.62 Å². The van der Waals surface area contributed by atoms with Gasteiger partial charge in [-0.1, -0.05) is 50.1 Å². The van der Waals surface area contributed by atoms with Gasteiger partial charge in [0.25, 0.3) is 10.0 Å². The highest BCUT2D eigenvalue weighted by molar-refractivity contribution is 9.10. The van der Waals surface area contributed by atoms with Gasteiger partial charge < -0.3 is 9.64 Å². The third-order valence-electron chi connectivity index (χ3n) is 5.47. The molecule has 4 rings (SSSR count). The van der Waals surface area contributed by atoms with Gasteiger partial charge in [-0.15, -0.1) is 0 Å². The molecule has 0 radical (unpaired) electrons. The number of ether oxygens (including phenoxy) is 1. The summed E-state index contributed by atoms with van der Waals surface area (Å²) in [7, 11) is -4.28. The van der Waals surface area contributed by atoms with Crippen LogP contribution >= 0.6 is 55.4 Å². The molecule has 0 bridgehead atoms. The fourth-order valence-electron chi connectivity index (χ4n) is 3.92. The lowest BCUT2D eigenvalue weighted by molar-refractivity contribution is -0.118. The van der Waals surface area contributed by atoms with E-state index < -0.39 is 16.0 Å². The molecule has 13 heteroatoms. The molecule has 3 aromatic rings. The number of halogens is 2. The number of carbonyl (C=O) groups excluding carboxylic acids is 2. The van der Waals surface area contributed by atoms with E-state index in [-0.39, 0.29) is 38.5 Å². The highest BCUT2D eigenvalue weighted by Gasteiger charge is 2.34. The standard InChI is InChI=1S/C23H21Br2N3O5S3/c1-3-18(29)27-10-9-13-11-15(25)12-17(19(13)27)36(31,32)26-21-20(22(30)33-4-2)35-23(34)28(21)16-7-5-14(24)6-8-16/h5-8,11-12,26H,3-4,9-10H2,1-2H3. The summed E-state index contributed by atoms with van der Waals surface area (Å²) in [6, 6.07) is 10.3. The molecule has 1 amide bonds. The highest BCUT2D eigenvalue weighted by Crippen LogP contribution is 2.40. The minimum atomic E-state index is -4.28. The summed E-state index contributed by atoms with van der Waals surface area (Å²) in [5.41, 5.74) is 1.65. The molecule has 0 atom stereocenters. The maximum absolute atomic E-state index is 13.9. The van der Waals surface area contributed by atoms with Gasteiger partial charge in [0, 0.05) is 27.6 Å². The molecule has 2 heterocycles. The third kappa shape index (κ3) is 5.17. The number of aromatic nitrogens is 1. The number of sulfonamides is 1. The first-order chi connectivity index (χ1) is 17.1. The van der Waals surface area contributed by atoms with Crippen molar-refractivity contribution in [2.45, 2.75) is 31.6 Å². The molecular formula is C23H21Br2N3O5S3. The van der Waals surface area contributed by atoms with Crippen LogP contribution in [-0.2, 0) is 26.0 Å². The van der Waals surface area contributed by atoms with Crippen LogP contribution in [-0.4, -0.2) is 38.0 Å². The summed E-state index contributed by atoms with van der Waals surface area (Å²) >= 11 is 13.3. The van der Waals surface area contributed by atoms with E-state index in [1.165, 1.54) is 15.5 Å². The van der Waals surface area contributed by atoms with Crippen LogP contribution in [0.15, 0.2) is 50.2 Å². The first-order valence-electron chi connectivity index (χ1n) is 10.9. The van der Waals surface area contributed by atoms with Crippen LogP contribution in [0.2, 0.25) is 0 Å². The first kappa shape index (κ1) is 27.0.